The van der Waals surface area contributed by atoms with E-state index in [2.05, 4.69) is 31.1 Å². The average Bonchev–Trinajstić information content (AvgIpc) is 3.07. The summed E-state index contributed by atoms with van der Waals surface area (Å²) in [5.41, 5.74) is 2.56. The first-order valence-electron chi connectivity index (χ1n) is 8.32. The van der Waals surface area contributed by atoms with Crippen LogP contribution >= 0.6 is 15.9 Å². The molecular formula is C19H17BrFN3O2. The predicted octanol–water partition coefficient (Wildman–Crippen LogP) is 4.16. The molecule has 3 aromatic rings. The molecule has 0 bridgehead atoms. The molecule has 2 N–H and O–H groups in total. The van der Waals surface area contributed by atoms with Gasteiger partial charge in [0.15, 0.2) is 0 Å². The molecule has 2 aromatic carbocycles. The van der Waals surface area contributed by atoms with Crippen molar-refractivity contribution in [1.82, 2.24) is 4.98 Å². The van der Waals surface area contributed by atoms with E-state index in [0.717, 1.165) is 24.5 Å². The van der Waals surface area contributed by atoms with E-state index in [1.165, 1.54) is 12.1 Å². The van der Waals surface area contributed by atoms with Gasteiger partial charge >= 0.3 is 0 Å². The first-order chi connectivity index (χ1) is 12.6. The van der Waals surface area contributed by atoms with E-state index >= 15 is 0 Å². The summed E-state index contributed by atoms with van der Waals surface area (Å²) in [5, 5.41) is 3.32. The molecule has 0 spiro atoms. The number of ether oxygens (including phenoxy) is 1. The average molecular weight is 418 g/mol. The van der Waals surface area contributed by atoms with Crippen LogP contribution in [0.3, 0.4) is 0 Å². The van der Waals surface area contributed by atoms with Gasteiger partial charge in [0.1, 0.15) is 11.5 Å². The summed E-state index contributed by atoms with van der Waals surface area (Å²) in [5.74, 6) is -0.684. The molecule has 5 nitrogen and oxygen atoms in total. The monoisotopic (exact) mass is 417 g/mol. The molecule has 1 aliphatic rings. The highest BCUT2D eigenvalue weighted by Gasteiger charge is 2.18. The summed E-state index contributed by atoms with van der Waals surface area (Å²) in [6, 6.07) is 12.3. The third-order valence-corrected chi connectivity index (χ3v) is 4.86. The van der Waals surface area contributed by atoms with Gasteiger partial charge in [0.25, 0.3) is 5.91 Å². The highest BCUT2D eigenvalue weighted by Crippen LogP contribution is 2.28. The normalized spacial score (nSPS) is 14.6. The van der Waals surface area contributed by atoms with Gasteiger partial charge in [0, 0.05) is 22.9 Å². The predicted molar refractivity (Wildman–Crippen MR) is 103 cm³/mol. The van der Waals surface area contributed by atoms with Crippen LogP contribution in [-0.4, -0.2) is 37.2 Å². The van der Waals surface area contributed by atoms with Crippen LogP contribution < -0.4 is 10.2 Å². The van der Waals surface area contributed by atoms with Crippen molar-refractivity contribution in [3.63, 3.8) is 0 Å². The number of H-pyrrole nitrogens is 1. The van der Waals surface area contributed by atoms with Gasteiger partial charge in [0.2, 0.25) is 0 Å². The minimum atomic E-state index is -0.376. The molecule has 1 aliphatic heterocycles. The zero-order valence-electron chi connectivity index (χ0n) is 13.9. The van der Waals surface area contributed by atoms with Crippen molar-refractivity contribution < 1.29 is 13.9 Å². The van der Waals surface area contributed by atoms with Crippen LogP contribution in [0.4, 0.5) is 15.8 Å². The van der Waals surface area contributed by atoms with Crippen molar-refractivity contribution in [2.45, 2.75) is 0 Å². The van der Waals surface area contributed by atoms with Crippen molar-refractivity contribution in [3.05, 3.63) is 58.4 Å². The second-order valence-corrected chi connectivity index (χ2v) is 7.02. The molecule has 0 unspecified atom stereocenters. The van der Waals surface area contributed by atoms with E-state index in [1.807, 2.05) is 24.3 Å². The minimum Gasteiger partial charge on any atom is -0.378 e. The van der Waals surface area contributed by atoms with Gasteiger partial charge in [-0.15, -0.1) is 0 Å². The second kappa shape index (κ2) is 7.09. The fourth-order valence-corrected chi connectivity index (χ4v) is 3.56. The molecule has 7 heteroatoms. The number of carbonyl (C=O) groups excluding carboxylic acids is 1. The number of carbonyl (C=O) groups is 1. The lowest BCUT2D eigenvalue weighted by molar-refractivity contribution is 0.102. The first kappa shape index (κ1) is 17.1. The van der Waals surface area contributed by atoms with Gasteiger partial charge in [-0.2, -0.15) is 0 Å². The molecule has 0 radical (unpaired) electrons. The molecule has 2 heterocycles. The van der Waals surface area contributed by atoms with Crippen molar-refractivity contribution in [1.29, 1.82) is 0 Å². The SMILES string of the molecule is O=C(Nc1ccccc1N1CCOCC1)c1cc2c(F)cc(Br)cc2[nH]1. The number of hydrogen-bond donors (Lipinski definition) is 2. The van der Waals surface area contributed by atoms with E-state index in [4.69, 9.17) is 4.74 Å². The summed E-state index contributed by atoms with van der Waals surface area (Å²) < 4.78 is 20.1. The van der Waals surface area contributed by atoms with E-state index in [1.54, 1.807) is 6.07 Å². The lowest BCUT2D eigenvalue weighted by Gasteiger charge is -2.30. The Morgan fingerprint density at radius 2 is 1.96 bits per heavy atom. The molecule has 0 atom stereocenters. The Kier molecular flexibility index (Phi) is 4.65. The summed E-state index contributed by atoms with van der Waals surface area (Å²) in [4.78, 5) is 17.9. The summed E-state index contributed by atoms with van der Waals surface area (Å²) >= 11 is 3.26. The number of nitrogens with zero attached hydrogens (tertiary/aromatic N) is 1. The first-order valence-corrected chi connectivity index (χ1v) is 9.12. The van der Waals surface area contributed by atoms with Crippen LogP contribution in [0.2, 0.25) is 0 Å². The third-order valence-electron chi connectivity index (χ3n) is 4.40. The molecule has 1 fully saturated rings. The van der Waals surface area contributed by atoms with E-state index in [-0.39, 0.29) is 11.7 Å². The number of aromatic nitrogens is 1. The quantitative estimate of drug-likeness (QED) is 0.672. The highest BCUT2D eigenvalue weighted by atomic mass is 79.9. The van der Waals surface area contributed by atoms with Crippen LogP contribution in [0.15, 0.2) is 46.9 Å². The largest absolute Gasteiger partial charge is 0.378 e. The lowest BCUT2D eigenvalue weighted by atomic mass is 10.2. The van der Waals surface area contributed by atoms with Gasteiger partial charge in [-0.05, 0) is 30.3 Å². The maximum atomic E-state index is 14.1. The van der Waals surface area contributed by atoms with Crippen LogP contribution in [0.1, 0.15) is 10.5 Å². The Morgan fingerprint density at radius 3 is 2.77 bits per heavy atom. The molecule has 1 saturated heterocycles. The number of aromatic amines is 1. The van der Waals surface area contributed by atoms with Gasteiger partial charge in [-0.25, -0.2) is 4.39 Å². The summed E-state index contributed by atoms with van der Waals surface area (Å²) in [7, 11) is 0. The van der Waals surface area contributed by atoms with Gasteiger partial charge in [0.05, 0.1) is 30.1 Å². The fourth-order valence-electron chi connectivity index (χ4n) is 3.13. The molecular weight excluding hydrogens is 401 g/mol. The summed E-state index contributed by atoms with van der Waals surface area (Å²) in [6.07, 6.45) is 0. The van der Waals surface area contributed by atoms with Gasteiger partial charge in [-0.3, -0.25) is 4.79 Å². The zero-order chi connectivity index (χ0) is 18.1. The molecule has 134 valence electrons. The van der Waals surface area contributed by atoms with Crippen molar-refractivity contribution in [2.75, 3.05) is 36.5 Å². The topological polar surface area (TPSA) is 57.4 Å². The van der Waals surface area contributed by atoms with Crippen LogP contribution in [0, 0.1) is 5.82 Å². The number of nitrogens with one attached hydrogen (secondary N) is 2. The highest BCUT2D eigenvalue weighted by molar-refractivity contribution is 9.10. The smallest absolute Gasteiger partial charge is 0.272 e. The zero-order valence-corrected chi connectivity index (χ0v) is 15.5. The number of anilines is 2. The number of rotatable bonds is 3. The number of halogens is 2. The molecule has 0 saturated carbocycles. The van der Waals surface area contributed by atoms with E-state index < -0.39 is 0 Å². The van der Waals surface area contributed by atoms with Crippen LogP contribution in [0.5, 0.6) is 0 Å². The molecule has 1 amide bonds. The molecule has 0 aliphatic carbocycles. The Labute approximate surface area is 158 Å². The minimum absolute atomic E-state index is 0.308. The number of benzene rings is 2. The molecule has 26 heavy (non-hydrogen) atoms. The number of hydrogen-bond acceptors (Lipinski definition) is 3. The maximum Gasteiger partial charge on any atom is 0.272 e. The number of morpholine rings is 1. The Hall–Kier alpha value is -2.38. The lowest BCUT2D eigenvalue weighted by Crippen LogP contribution is -2.36. The van der Waals surface area contributed by atoms with Crippen molar-refractivity contribution in [3.8, 4) is 0 Å². The van der Waals surface area contributed by atoms with Crippen LogP contribution in [-0.2, 0) is 4.74 Å². The maximum absolute atomic E-state index is 14.1. The van der Waals surface area contributed by atoms with Crippen LogP contribution in [0.25, 0.3) is 10.9 Å². The van der Waals surface area contributed by atoms with Gasteiger partial charge < -0.3 is 19.9 Å². The number of fused-ring (bicyclic) bond motifs is 1. The number of para-hydroxylation sites is 2. The molecule has 1 aromatic heterocycles. The third kappa shape index (κ3) is 3.32. The fraction of sp³-hybridized carbons (Fsp3) is 0.211. The van der Waals surface area contributed by atoms with Gasteiger partial charge in [-0.1, -0.05) is 28.1 Å². The van der Waals surface area contributed by atoms with E-state index in [9.17, 15) is 9.18 Å². The number of amides is 1. The standard InChI is InChI=1S/C19H17BrFN3O2/c20-12-9-14(21)13-11-17(22-16(13)10-12)19(25)23-15-3-1-2-4-18(15)24-5-7-26-8-6-24/h1-4,9-11,22H,5-8H2,(H,23,25). The van der Waals surface area contributed by atoms with Crippen molar-refractivity contribution >= 4 is 44.1 Å². The molecule has 4 rings (SSSR count). The van der Waals surface area contributed by atoms with Crippen molar-refractivity contribution in [2.24, 2.45) is 0 Å². The Balaban J connectivity index is 1.62. The Bertz CT molecular complexity index is 967. The van der Waals surface area contributed by atoms with E-state index in [0.29, 0.717) is 34.3 Å². The Morgan fingerprint density at radius 1 is 1.19 bits per heavy atom. The second-order valence-electron chi connectivity index (χ2n) is 6.10. The summed E-state index contributed by atoms with van der Waals surface area (Å²) in [6.45, 7) is 2.88.